The van der Waals surface area contributed by atoms with Crippen molar-refractivity contribution in [3.05, 3.63) is 61.2 Å². The third-order valence-corrected chi connectivity index (χ3v) is 2.38. The summed E-state index contributed by atoms with van der Waals surface area (Å²) in [5.74, 6) is 0.832. The molecule has 0 saturated carbocycles. The van der Waals surface area contributed by atoms with Crippen molar-refractivity contribution < 1.29 is 0 Å². The second-order valence-electron chi connectivity index (χ2n) is 3.27. The largest absolute Gasteiger partial charge is 0.103 e. The molecule has 0 N–H and O–H groups in total. The van der Waals surface area contributed by atoms with Crippen molar-refractivity contribution in [2.45, 2.75) is 12.8 Å². The minimum Gasteiger partial charge on any atom is -0.103 e. The molecular weight excluding hydrogens is 156 g/mol. The standard InChI is InChI=1S/C13H16/c1-4-11(3)13(5-2)12-9-7-6-8-10-12/h4-11,13H,1-2H2,3H3/t11-,13-/m1/s1. The average Bonchev–Trinajstić information content (AvgIpc) is 2.20. The second-order valence-corrected chi connectivity index (χ2v) is 3.27. The van der Waals surface area contributed by atoms with Crippen LogP contribution < -0.4 is 0 Å². The van der Waals surface area contributed by atoms with Gasteiger partial charge in [0.2, 0.25) is 0 Å². The average molecular weight is 172 g/mol. The second kappa shape index (κ2) is 4.66. The highest BCUT2D eigenvalue weighted by atomic mass is 14.2. The van der Waals surface area contributed by atoms with Gasteiger partial charge in [-0.05, 0) is 11.5 Å². The summed E-state index contributed by atoms with van der Waals surface area (Å²) < 4.78 is 0. The van der Waals surface area contributed by atoms with E-state index in [0.717, 1.165) is 0 Å². The summed E-state index contributed by atoms with van der Waals surface area (Å²) >= 11 is 0. The molecule has 0 aliphatic carbocycles. The first-order chi connectivity index (χ1) is 6.29. The Labute approximate surface area is 80.6 Å². The van der Waals surface area contributed by atoms with E-state index < -0.39 is 0 Å². The van der Waals surface area contributed by atoms with E-state index in [2.05, 4.69) is 44.3 Å². The fourth-order valence-electron chi connectivity index (χ4n) is 1.48. The number of allylic oxidation sites excluding steroid dienone is 2. The maximum atomic E-state index is 3.86. The quantitative estimate of drug-likeness (QED) is 0.606. The molecule has 0 fully saturated rings. The fourth-order valence-corrected chi connectivity index (χ4v) is 1.48. The van der Waals surface area contributed by atoms with Crippen molar-refractivity contribution in [3.8, 4) is 0 Å². The van der Waals surface area contributed by atoms with Crippen LogP contribution in [0.15, 0.2) is 55.6 Å². The summed E-state index contributed by atoms with van der Waals surface area (Å²) in [6, 6.07) is 10.4. The number of hydrogen-bond donors (Lipinski definition) is 0. The predicted molar refractivity (Wildman–Crippen MR) is 58.7 cm³/mol. The Morgan fingerprint density at radius 2 is 1.69 bits per heavy atom. The van der Waals surface area contributed by atoms with Crippen LogP contribution in [0.4, 0.5) is 0 Å². The zero-order valence-electron chi connectivity index (χ0n) is 8.11. The Kier molecular flexibility index (Phi) is 3.51. The molecule has 0 radical (unpaired) electrons. The van der Waals surface area contributed by atoms with Crippen molar-refractivity contribution in [1.82, 2.24) is 0 Å². The molecule has 1 aromatic rings. The zero-order chi connectivity index (χ0) is 9.68. The molecule has 0 bridgehead atoms. The number of hydrogen-bond acceptors (Lipinski definition) is 0. The Bertz CT molecular complexity index is 271. The lowest BCUT2D eigenvalue weighted by atomic mass is 9.87. The van der Waals surface area contributed by atoms with Crippen molar-refractivity contribution in [1.29, 1.82) is 0 Å². The summed E-state index contributed by atoms with van der Waals surface area (Å²) in [7, 11) is 0. The van der Waals surface area contributed by atoms with E-state index in [0.29, 0.717) is 11.8 Å². The smallest absolute Gasteiger partial charge is 0.00754 e. The zero-order valence-corrected chi connectivity index (χ0v) is 8.11. The monoisotopic (exact) mass is 172 g/mol. The van der Waals surface area contributed by atoms with Gasteiger partial charge in [0.1, 0.15) is 0 Å². The van der Waals surface area contributed by atoms with Gasteiger partial charge in [-0.1, -0.05) is 49.4 Å². The molecule has 0 spiro atoms. The van der Waals surface area contributed by atoms with Crippen LogP contribution in [0.2, 0.25) is 0 Å². The first-order valence-electron chi connectivity index (χ1n) is 4.59. The van der Waals surface area contributed by atoms with Gasteiger partial charge < -0.3 is 0 Å². The lowest BCUT2D eigenvalue weighted by Crippen LogP contribution is -2.03. The molecule has 0 saturated heterocycles. The van der Waals surface area contributed by atoms with E-state index >= 15 is 0 Å². The van der Waals surface area contributed by atoms with Crippen LogP contribution in [-0.4, -0.2) is 0 Å². The van der Waals surface area contributed by atoms with Crippen LogP contribution >= 0.6 is 0 Å². The molecule has 13 heavy (non-hydrogen) atoms. The van der Waals surface area contributed by atoms with Gasteiger partial charge in [0.15, 0.2) is 0 Å². The summed E-state index contributed by atoms with van der Waals surface area (Å²) in [5.41, 5.74) is 1.31. The van der Waals surface area contributed by atoms with Crippen molar-refractivity contribution >= 4 is 0 Å². The topological polar surface area (TPSA) is 0 Å². The van der Waals surface area contributed by atoms with Gasteiger partial charge in [-0.25, -0.2) is 0 Å². The summed E-state index contributed by atoms with van der Waals surface area (Å²) in [5, 5.41) is 0. The van der Waals surface area contributed by atoms with Crippen LogP contribution in [0.5, 0.6) is 0 Å². The van der Waals surface area contributed by atoms with Gasteiger partial charge in [-0.2, -0.15) is 0 Å². The molecule has 2 atom stereocenters. The van der Waals surface area contributed by atoms with E-state index in [-0.39, 0.29) is 0 Å². The maximum Gasteiger partial charge on any atom is 0.00754 e. The summed E-state index contributed by atoms with van der Waals surface area (Å²) in [6.07, 6.45) is 3.96. The SMILES string of the molecule is C=C[C@@H](C)[C@@H](C=C)c1ccccc1. The van der Waals surface area contributed by atoms with Gasteiger partial charge in [0, 0.05) is 5.92 Å². The molecule has 0 aromatic heterocycles. The van der Waals surface area contributed by atoms with Gasteiger partial charge in [0.05, 0.1) is 0 Å². The van der Waals surface area contributed by atoms with Gasteiger partial charge in [-0.15, -0.1) is 13.2 Å². The van der Waals surface area contributed by atoms with E-state index in [1.54, 1.807) is 0 Å². The first kappa shape index (κ1) is 9.79. The molecule has 0 unspecified atom stereocenters. The Morgan fingerprint density at radius 3 is 2.15 bits per heavy atom. The van der Waals surface area contributed by atoms with Crippen molar-refractivity contribution in [3.63, 3.8) is 0 Å². The molecular formula is C13H16. The maximum absolute atomic E-state index is 3.86. The van der Waals surface area contributed by atoms with Crippen LogP contribution in [0.3, 0.4) is 0 Å². The number of benzene rings is 1. The predicted octanol–water partition coefficient (Wildman–Crippen LogP) is 3.78. The molecule has 0 amide bonds. The van der Waals surface area contributed by atoms with Gasteiger partial charge in [-0.3, -0.25) is 0 Å². The minimum atomic E-state index is 0.388. The lowest BCUT2D eigenvalue weighted by molar-refractivity contribution is 0.644. The minimum absolute atomic E-state index is 0.388. The first-order valence-corrected chi connectivity index (χ1v) is 4.59. The highest BCUT2D eigenvalue weighted by Gasteiger charge is 2.11. The van der Waals surface area contributed by atoms with Gasteiger partial charge >= 0.3 is 0 Å². The molecule has 0 aliphatic rings. The third kappa shape index (κ3) is 2.32. The van der Waals surface area contributed by atoms with Crippen LogP contribution in [0.1, 0.15) is 18.4 Å². The van der Waals surface area contributed by atoms with E-state index in [4.69, 9.17) is 0 Å². The highest BCUT2D eigenvalue weighted by Crippen LogP contribution is 2.25. The van der Waals surface area contributed by atoms with E-state index in [9.17, 15) is 0 Å². The molecule has 0 heterocycles. The third-order valence-electron chi connectivity index (χ3n) is 2.38. The Balaban J connectivity index is 2.90. The Hall–Kier alpha value is -1.30. The molecule has 1 rings (SSSR count). The molecule has 1 aromatic carbocycles. The lowest BCUT2D eigenvalue weighted by Gasteiger charge is -2.17. The van der Waals surface area contributed by atoms with Gasteiger partial charge in [0.25, 0.3) is 0 Å². The molecule has 0 nitrogen and oxygen atoms in total. The molecule has 68 valence electrons. The van der Waals surface area contributed by atoms with Crippen molar-refractivity contribution in [2.24, 2.45) is 5.92 Å². The fraction of sp³-hybridized carbons (Fsp3) is 0.231. The summed E-state index contributed by atoms with van der Waals surface area (Å²) in [6.45, 7) is 9.82. The van der Waals surface area contributed by atoms with Crippen molar-refractivity contribution in [2.75, 3.05) is 0 Å². The van der Waals surface area contributed by atoms with Crippen LogP contribution in [-0.2, 0) is 0 Å². The Morgan fingerprint density at radius 1 is 1.08 bits per heavy atom. The molecule has 0 heteroatoms. The van der Waals surface area contributed by atoms with E-state index in [1.807, 2.05) is 18.2 Å². The highest BCUT2D eigenvalue weighted by molar-refractivity contribution is 5.24. The van der Waals surface area contributed by atoms with E-state index in [1.165, 1.54) is 5.56 Å². The van der Waals surface area contributed by atoms with Crippen LogP contribution in [0.25, 0.3) is 0 Å². The molecule has 0 aliphatic heterocycles. The summed E-state index contributed by atoms with van der Waals surface area (Å²) in [4.78, 5) is 0. The number of rotatable bonds is 4. The normalized spacial score (nSPS) is 14.5. The van der Waals surface area contributed by atoms with Crippen LogP contribution in [0, 0.1) is 5.92 Å².